The van der Waals surface area contributed by atoms with Gasteiger partial charge in [-0.3, -0.25) is 14.4 Å². The monoisotopic (exact) mass is 465 g/mol. The molecule has 9 nitrogen and oxygen atoms in total. The van der Waals surface area contributed by atoms with Crippen LogP contribution in [0.15, 0.2) is 53.1 Å². The van der Waals surface area contributed by atoms with Crippen LogP contribution < -0.4 is 25.4 Å². The third kappa shape index (κ3) is 3.01. The van der Waals surface area contributed by atoms with Crippen molar-refractivity contribution in [1.82, 2.24) is 5.32 Å². The number of ether oxygens (including phenoxy) is 2. The lowest BCUT2D eigenvalue weighted by molar-refractivity contribution is -0.131. The Morgan fingerprint density at radius 3 is 2.64 bits per heavy atom. The molecule has 2 aromatic carbocycles. The first-order valence-corrected chi connectivity index (χ1v) is 11.0. The molecule has 2 aromatic rings. The second-order valence-electron chi connectivity index (χ2n) is 7.72. The van der Waals surface area contributed by atoms with E-state index in [4.69, 9.17) is 15.2 Å². The molecule has 0 saturated carbocycles. The molecule has 3 aliphatic heterocycles. The molecular weight excluding hydrogens is 446 g/mol. The number of carbonyl (C=O) groups is 4. The zero-order chi connectivity index (χ0) is 23.4. The topological polar surface area (TPSA) is 128 Å². The quantitative estimate of drug-likeness (QED) is 0.397. The van der Waals surface area contributed by atoms with Crippen molar-refractivity contribution < 1.29 is 28.7 Å². The van der Waals surface area contributed by atoms with Gasteiger partial charge in [-0.05, 0) is 24.3 Å². The van der Waals surface area contributed by atoms with Gasteiger partial charge in [0.2, 0.25) is 11.8 Å². The highest BCUT2D eigenvalue weighted by molar-refractivity contribution is 8.04. The van der Waals surface area contributed by atoms with Crippen molar-refractivity contribution in [2.45, 2.75) is 11.2 Å². The smallest absolute Gasteiger partial charge is 0.342 e. The summed E-state index contributed by atoms with van der Waals surface area (Å²) in [6.45, 7) is 0. The predicted octanol–water partition coefficient (Wildman–Crippen LogP) is 1.53. The molecule has 0 radical (unpaired) electrons. The third-order valence-corrected chi connectivity index (χ3v) is 7.29. The van der Waals surface area contributed by atoms with Crippen molar-refractivity contribution in [1.29, 1.82) is 0 Å². The van der Waals surface area contributed by atoms with Crippen LogP contribution in [0.1, 0.15) is 21.8 Å². The van der Waals surface area contributed by atoms with E-state index in [1.54, 1.807) is 30.3 Å². The molecule has 3 N–H and O–H groups in total. The Morgan fingerprint density at radius 1 is 1.15 bits per heavy atom. The average Bonchev–Trinajstić information content (AvgIpc) is 3.07. The predicted molar refractivity (Wildman–Crippen MR) is 120 cm³/mol. The summed E-state index contributed by atoms with van der Waals surface area (Å²) >= 11 is 0.984. The lowest BCUT2D eigenvalue weighted by Gasteiger charge is -2.36. The Kier molecular flexibility index (Phi) is 4.89. The van der Waals surface area contributed by atoms with Gasteiger partial charge in [-0.25, -0.2) is 9.69 Å². The van der Waals surface area contributed by atoms with Crippen molar-refractivity contribution in [2.75, 3.05) is 19.1 Å². The van der Waals surface area contributed by atoms with Crippen molar-refractivity contribution in [3.8, 4) is 11.5 Å². The van der Waals surface area contributed by atoms with Crippen molar-refractivity contribution in [2.24, 2.45) is 11.7 Å². The fourth-order valence-electron chi connectivity index (χ4n) is 4.59. The highest BCUT2D eigenvalue weighted by Crippen LogP contribution is 2.55. The van der Waals surface area contributed by atoms with Gasteiger partial charge < -0.3 is 20.5 Å². The van der Waals surface area contributed by atoms with Crippen LogP contribution in [0.3, 0.4) is 0 Å². The lowest BCUT2D eigenvalue weighted by Crippen LogP contribution is -2.39. The summed E-state index contributed by atoms with van der Waals surface area (Å²) in [6, 6.07) is 11.4. The van der Waals surface area contributed by atoms with E-state index in [0.717, 1.165) is 16.7 Å². The van der Waals surface area contributed by atoms with E-state index in [-0.39, 0.29) is 33.5 Å². The highest BCUT2D eigenvalue weighted by Gasteiger charge is 2.59. The molecule has 1 saturated heterocycles. The van der Waals surface area contributed by atoms with Gasteiger partial charge in [-0.1, -0.05) is 30.0 Å². The number of methoxy groups -OCH3 is 1. The number of amides is 3. The van der Waals surface area contributed by atoms with Crippen molar-refractivity contribution in [3.63, 3.8) is 0 Å². The number of rotatable bonds is 3. The molecule has 33 heavy (non-hydrogen) atoms. The van der Waals surface area contributed by atoms with E-state index in [1.807, 2.05) is 0 Å². The minimum atomic E-state index is -0.868. The molecule has 168 valence electrons. The molecule has 0 aliphatic carbocycles. The number of para-hydroxylation sites is 1. The molecule has 10 heteroatoms. The van der Waals surface area contributed by atoms with E-state index in [0.29, 0.717) is 11.3 Å². The molecule has 3 unspecified atom stereocenters. The summed E-state index contributed by atoms with van der Waals surface area (Å²) in [5.41, 5.74) is 7.45. The van der Waals surface area contributed by atoms with Gasteiger partial charge in [0.25, 0.3) is 5.91 Å². The number of esters is 1. The van der Waals surface area contributed by atoms with Crippen LogP contribution >= 0.6 is 11.8 Å². The third-order valence-electron chi connectivity index (χ3n) is 6.07. The summed E-state index contributed by atoms with van der Waals surface area (Å²) in [5, 5.41) is 1.85. The zero-order valence-corrected chi connectivity index (χ0v) is 18.5. The molecule has 3 amide bonds. The van der Waals surface area contributed by atoms with Crippen LogP contribution in [0, 0.1) is 5.92 Å². The molecule has 3 aliphatic rings. The normalized spacial score (nSPS) is 23.5. The van der Waals surface area contributed by atoms with E-state index < -0.39 is 34.9 Å². The van der Waals surface area contributed by atoms with Gasteiger partial charge in [-0.2, -0.15) is 0 Å². The van der Waals surface area contributed by atoms with Crippen LogP contribution in [0.5, 0.6) is 11.5 Å². The Labute approximate surface area is 192 Å². The summed E-state index contributed by atoms with van der Waals surface area (Å²) in [4.78, 5) is 53.2. The van der Waals surface area contributed by atoms with Gasteiger partial charge in [0, 0.05) is 24.1 Å². The molecule has 0 aromatic heterocycles. The van der Waals surface area contributed by atoms with Crippen LogP contribution in [0.4, 0.5) is 5.69 Å². The first kappa shape index (κ1) is 21.1. The molecule has 3 heterocycles. The van der Waals surface area contributed by atoms with Gasteiger partial charge in [0.1, 0.15) is 16.7 Å². The number of nitrogens with one attached hydrogen (secondary N) is 1. The maximum absolute atomic E-state index is 13.8. The number of carbonyl (C=O) groups excluding carboxylic acids is 4. The van der Waals surface area contributed by atoms with Crippen molar-refractivity contribution in [3.05, 3.63) is 64.2 Å². The second-order valence-corrected chi connectivity index (χ2v) is 8.91. The van der Waals surface area contributed by atoms with Gasteiger partial charge >= 0.3 is 5.97 Å². The van der Waals surface area contributed by atoms with Crippen molar-refractivity contribution >= 4 is 41.1 Å². The minimum absolute atomic E-state index is 0.162. The lowest BCUT2D eigenvalue weighted by atomic mass is 9.77. The van der Waals surface area contributed by atoms with E-state index in [2.05, 4.69) is 5.32 Å². The Hall–Kier alpha value is -3.79. The highest BCUT2D eigenvalue weighted by atomic mass is 32.2. The fraction of sp³-hybridized carbons (Fsp3) is 0.217. The number of hydrogen-bond donors (Lipinski definition) is 2. The molecule has 5 rings (SSSR count). The molecule has 0 spiro atoms. The molecule has 3 atom stereocenters. The average molecular weight is 465 g/mol. The first-order chi connectivity index (χ1) is 15.9. The number of imide groups is 1. The number of nitrogens with two attached hydrogens (primary N) is 1. The van der Waals surface area contributed by atoms with Gasteiger partial charge in [-0.15, -0.1) is 0 Å². The number of hydrogen-bond acceptors (Lipinski definition) is 8. The first-order valence-electron chi connectivity index (χ1n) is 10.1. The second kappa shape index (κ2) is 7.66. The maximum Gasteiger partial charge on any atom is 0.342 e. The van der Waals surface area contributed by atoms with Gasteiger partial charge in [0.05, 0.1) is 29.3 Å². The van der Waals surface area contributed by atoms with Crippen LogP contribution in [-0.2, 0) is 14.4 Å². The van der Waals surface area contributed by atoms with E-state index in [1.165, 1.54) is 26.3 Å². The van der Waals surface area contributed by atoms with Crippen LogP contribution in [0.25, 0.3) is 0 Å². The zero-order valence-electron chi connectivity index (χ0n) is 17.7. The van der Waals surface area contributed by atoms with Crippen LogP contribution in [-0.4, -0.2) is 43.1 Å². The standard InChI is InChI=1S/C23H19N3O6S/c1-25-20(27)10-7-8-14(31-2)12(9-10)26-21(28)16-15-11-5-3-4-6-13(11)32-23(30)17(15)19(24)33-18(16)22(26)29/h3-9,15-16,18H,24H2,1-2H3,(H,25,27). The number of fused-ring (bicyclic) bond motifs is 5. The van der Waals surface area contributed by atoms with Gasteiger partial charge in [0.15, 0.2) is 0 Å². The Morgan fingerprint density at radius 2 is 1.91 bits per heavy atom. The minimum Gasteiger partial charge on any atom is -0.495 e. The number of benzene rings is 2. The van der Waals surface area contributed by atoms with Crippen LogP contribution in [0.2, 0.25) is 0 Å². The Bertz CT molecular complexity index is 1270. The molecular formula is C23H19N3O6S. The largest absolute Gasteiger partial charge is 0.495 e. The summed E-state index contributed by atoms with van der Waals surface area (Å²) in [7, 11) is 2.90. The maximum atomic E-state index is 13.8. The summed E-state index contributed by atoms with van der Waals surface area (Å²) in [5.74, 6) is -2.97. The fourth-order valence-corrected chi connectivity index (χ4v) is 5.83. The van der Waals surface area contributed by atoms with E-state index in [9.17, 15) is 19.2 Å². The summed E-state index contributed by atoms with van der Waals surface area (Å²) in [6.07, 6.45) is 0. The van der Waals surface area contributed by atoms with E-state index >= 15 is 0 Å². The summed E-state index contributed by atoms with van der Waals surface area (Å²) < 4.78 is 10.8. The number of anilines is 1. The molecule has 0 bridgehead atoms. The molecule has 1 fully saturated rings. The SMILES string of the molecule is CNC(=O)c1ccc(OC)c(N2C(=O)C3SC(N)=C4C(=O)Oc5ccccc5C4C3C2=O)c1. The number of nitrogens with zero attached hydrogens (tertiary/aromatic N) is 1. The Balaban J connectivity index is 1.65. The number of thioether (sulfide) groups is 1.